The lowest BCUT2D eigenvalue weighted by molar-refractivity contribution is -0.145. The highest BCUT2D eigenvalue weighted by Crippen LogP contribution is 2.11. The average Bonchev–Trinajstić information content (AvgIpc) is 2.45. The number of carbonyl (C=O) groups is 2. The van der Waals surface area contributed by atoms with E-state index in [1.165, 1.54) is 12.0 Å². The van der Waals surface area contributed by atoms with Crippen LogP contribution in [-0.2, 0) is 14.3 Å². The van der Waals surface area contributed by atoms with E-state index in [0.717, 1.165) is 5.56 Å². The van der Waals surface area contributed by atoms with Crippen molar-refractivity contribution < 1.29 is 24.2 Å². The summed E-state index contributed by atoms with van der Waals surface area (Å²) in [6, 6.07) is 7.51. The van der Waals surface area contributed by atoms with E-state index in [4.69, 9.17) is 14.6 Å². The molecule has 0 saturated heterocycles. The number of carboxylic acid groups (broad SMARTS) is 1. The molecule has 0 aliphatic rings. The van der Waals surface area contributed by atoms with Crippen molar-refractivity contribution in [2.75, 3.05) is 33.4 Å². The maximum Gasteiger partial charge on any atom is 0.323 e. The van der Waals surface area contributed by atoms with Crippen molar-refractivity contribution in [1.82, 2.24) is 4.90 Å². The molecule has 0 spiro atoms. The quantitative estimate of drug-likeness (QED) is 0.743. The number of methoxy groups -OCH3 is 1. The molecule has 1 aromatic rings. The zero-order chi connectivity index (χ0) is 15.7. The van der Waals surface area contributed by atoms with Crippen LogP contribution < -0.4 is 4.74 Å². The number of hydrogen-bond acceptors (Lipinski definition) is 4. The highest BCUT2D eigenvalue weighted by molar-refractivity contribution is 5.81. The van der Waals surface area contributed by atoms with E-state index in [9.17, 15) is 9.59 Å². The lowest BCUT2D eigenvalue weighted by Crippen LogP contribution is -2.38. The molecule has 0 unspecified atom stereocenters. The topological polar surface area (TPSA) is 76.1 Å². The van der Waals surface area contributed by atoms with Gasteiger partial charge >= 0.3 is 5.97 Å². The maximum absolute atomic E-state index is 12.0. The summed E-state index contributed by atoms with van der Waals surface area (Å²) in [6.45, 7) is 2.43. The Hall–Kier alpha value is -2.08. The Kier molecular flexibility index (Phi) is 7.25. The molecule has 0 heterocycles. The van der Waals surface area contributed by atoms with Crippen molar-refractivity contribution in [2.24, 2.45) is 0 Å². The molecule has 0 aliphatic carbocycles. The fraction of sp³-hybridized carbons (Fsp3) is 0.467. The number of amides is 1. The van der Waals surface area contributed by atoms with E-state index >= 15 is 0 Å². The SMILES string of the molecule is COCCN(CC(=O)O)C(=O)CCOc1ccc(C)cc1. The molecule has 0 atom stereocenters. The third kappa shape index (κ3) is 6.76. The summed E-state index contributed by atoms with van der Waals surface area (Å²) in [5.41, 5.74) is 1.13. The Morgan fingerprint density at radius 1 is 1.19 bits per heavy atom. The minimum atomic E-state index is -1.04. The van der Waals surface area contributed by atoms with Crippen LogP contribution in [0, 0.1) is 6.92 Å². The van der Waals surface area contributed by atoms with Crippen LogP contribution in [0.1, 0.15) is 12.0 Å². The first-order chi connectivity index (χ1) is 10.0. The number of aryl methyl sites for hydroxylation is 1. The van der Waals surface area contributed by atoms with Gasteiger partial charge in [0.2, 0.25) is 5.91 Å². The first kappa shape index (κ1) is 17.0. The summed E-state index contributed by atoms with van der Waals surface area (Å²) in [4.78, 5) is 23.9. The summed E-state index contributed by atoms with van der Waals surface area (Å²) in [7, 11) is 1.50. The molecule has 0 radical (unpaired) electrons. The zero-order valence-electron chi connectivity index (χ0n) is 12.4. The van der Waals surface area contributed by atoms with Crippen LogP contribution in [0.15, 0.2) is 24.3 Å². The predicted octanol–water partition coefficient (Wildman–Crippen LogP) is 1.32. The Morgan fingerprint density at radius 3 is 2.43 bits per heavy atom. The van der Waals surface area contributed by atoms with Gasteiger partial charge in [-0.15, -0.1) is 0 Å². The number of hydrogen-bond donors (Lipinski definition) is 1. The van der Waals surface area contributed by atoms with Crippen LogP contribution in [0.5, 0.6) is 5.75 Å². The van der Waals surface area contributed by atoms with Crippen LogP contribution in [0.25, 0.3) is 0 Å². The van der Waals surface area contributed by atoms with Gasteiger partial charge in [0, 0.05) is 13.7 Å². The van der Waals surface area contributed by atoms with Gasteiger partial charge < -0.3 is 19.5 Å². The standard InChI is InChI=1S/C15H21NO5/c1-12-3-5-13(6-4-12)21-9-7-14(17)16(8-10-20-2)11-15(18)19/h3-6H,7-11H2,1-2H3,(H,18,19). The molecule has 1 N–H and O–H groups in total. The molecule has 1 rings (SSSR count). The Labute approximate surface area is 124 Å². The molecule has 0 saturated carbocycles. The molecular weight excluding hydrogens is 274 g/mol. The largest absolute Gasteiger partial charge is 0.493 e. The van der Waals surface area contributed by atoms with Crippen LogP contribution in [0.3, 0.4) is 0 Å². The van der Waals surface area contributed by atoms with Crippen molar-refractivity contribution in [1.29, 1.82) is 0 Å². The second-order valence-electron chi connectivity index (χ2n) is 4.61. The van der Waals surface area contributed by atoms with Gasteiger partial charge in [0.15, 0.2) is 0 Å². The third-order valence-corrected chi connectivity index (χ3v) is 2.85. The Morgan fingerprint density at radius 2 is 1.86 bits per heavy atom. The number of ether oxygens (including phenoxy) is 2. The van der Waals surface area contributed by atoms with E-state index < -0.39 is 5.97 Å². The lowest BCUT2D eigenvalue weighted by Gasteiger charge is -2.20. The summed E-state index contributed by atoms with van der Waals surface area (Å²) in [5.74, 6) is -0.615. The van der Waals surface area contributed by atoms with Crippen molar-refractivity contribution in [3.8, 4) is 5.75 Å². The van der Waals surface area contributed by atoms with Gasteiger partial charge in [-0.3, -0.25) is 9.59 Å². The minimum absolute atomic E-state index is 0.130. The number of rotatable bonds is 9. The van der Waals surface area contributed by atoms with Crippen LogP contribution in [-0.4, -0.2) is 55.3 Å². The molecule has 21 heavy (non-hydrogen) atoms. The number of aliphatic carboxylic acids is 1. The van der Waals surface area contributed by atoms with Gasteiger partial charge in [0.05, 0.1) is 19.6 Å². The normalized spacial score (nSPS) is 10.2. The van der Waals surface area contributed by atoms with E-state index in [1.54, 1.807) is 0 Å². The zero-order valence-corrected chi connectivity index (χ0v) is 12.4. The maximum atomic E-state index is 12.0. The molecule has 6 heteroatoms. The van der Waals surface area contributed by atoms with Gasteiger partial charge in [-0.05, 0) is 19.1 Å². The fourth-order valence-electron chi connectivity index (χ4n) is 1.71. The predicted molar refractivity (Wildman–Crippen MR) is 77.4 cm³/mol. The molecule has 0 aliphatic heterocycles. The first-order valence-corrected chi connectivity index (χ1v) is 6.71. The minimum Gasteiger partial charge on any atom is -0.493 e. The average molecular weight is 295 g/mol. The second-order valence-corrected chi connectivity index (χ2v) is 4.61. The van der Waals surface area contributed by atoms with Crippen molar-refractivity contribution >= 4 is 11.9 Å². The number of carbonyl (C=O) groups excluding carboxylic acids is 1. The summed E-state index contributed by atoms with van der Waals surface area (Å²) in [6.07, 6.45) is 0.130. The summed E-state index contributed by atoms with van der Waals surface area (Å²) >= 11 is 0. The molecular formula is C15H21NO5. The van der Waals surface area contributed by atoms with Crippen LogP contribution >= 0.6 is 0 Å². The highest BCUT2D eigenvalue weighted by atomic mass is 16.5. The van der Waals surface area contributed by atoms with E-state index in [1.807, 2.05) is 31.2 Å². The first-order valence-electron chi connectivity index (χ1n) is 6.71. The number of nitrogens with zero attached hydrogens (tertiary/aromatic N) is 1. The van der Waals surface area contributed by atoms with E-state index in [-0.39, 0.29) is 32.0 Å². The van der Waals surface area contributed by atoms with Gasteiger partial charge in [0.1, 0.15) is 12.3 Å². The molecule has 1 amide bonds. The Balaban J connectivity index is 2.41. The number of carboxylic acids is 1. The summed E-state index contributed by atoms with van der Waals surface area (Å²) in [5, 5.41) is 8.80. The van der Waals surface area contributed by atoms with Gasteiger partial charge in [-0.2, -0.15) is 0 Å². The highest BCUT2D eigenvalue weighted by Gasteiger charge is 2.16. The van der Waals surface area contributed by atoms with Gasteiger partial charge in [-0.25, -0.2) is 0 Å². The molecule has 0 aromatic heterocycles. The van der Waals surface area contributed by atoms with E-state index in [0.29, 0.717) is 12.4 Å². The Bertz CT molecular complexity index is 458. The van der Waals surface area contributed by atoms with Crippen molar-refractivity contribution in [3.05, 3.63) is 29.8 Å². The third-order valence-electron chi connectivity index (χ3n) is 2.85. The molecule has 1 aromatic carbocycles. The smallest absolute Gasteiger partial charge is 0.323 e. The molecule has 116 valence electrons. The van der Waals surface area contributed by atoms with Gasteiger partial charge in [0.25, 0.3) is 0 Å². The molecule has 0 bridgehead atoms. The van der Waals surface area contributed by atoms with Crippen LogP contribution in [0.4, 0.5) is 0 Å². The van der Waals surface area contributed by atoms with Crippen molar-refractivity contribution in [2.45, 2.75) is 13.3 Å². The monoisotopic (exact) mass is 295 g/mol. The molecule has 6 nitrogen and oxygen atoms in total. The second kappa shape index (κ2) is 8.97. The number of benzene rings is 1. The summed E-state index contributed by atoms with van der Waals surface area (Å²) < 4.78 is 10.3. The van der Waals surface area contributed by atoms with Crippen LogP contribution in [0.2, 0.25) is 0 Å². The lowest BCUT2D eigenvalue weighted by atomic mass is 10.2. The van der Waals surface area contributed by atoms with Crippen molar-refractivity contribution in [3.63, 3.8) is 0 Å². The fourth-order valence-corrected chi connectivity index (χ4v) is 1.71. The molecule has 0 fully saturated rings. The van der Waals surface area contributed by atoms with Gasteiger partial charge in [-0.1, -0.05) is 17.7 Å². The van der Waals surface area contributed by atoms with E-state index in [2.05, 4.69) is 0 Å².